The molecule has 20 heavy (non-hydrogen) atoms. The lowest BCUT2D eigenvalue weighted by atomic mass is 10.1. The maximum atomic E-state index is 12.4. The molecule has 1 aromatic heterocycles. The Labute approximate surface area is 121 Å². The van der Waals surface area contributed by atoms with Crippen LogP contribution in [-0.4, -0.2) is 56.3 Å². The summed E-state index contributed by atoms with van der Waals surface area (Å²) >= 11 is 6.02. The molecule has 1 saturated heterocycles. The van der Waals surface area contributed by atoms with Crippen molar-refractivity contribution in [1.82, 2.24) is 14.9 Å². The zero-order chi connectivity index (χ0) is 14.3. The third-order valence-corrected chi connectivity index (χ3v) is 4.10. The van der Waals surface area contributed by atoms with Gasteiger partial charge in [0, 0.05) is 12.5 Å². The van der Waals surface area contributed by atoms with Gasteiger partial charge in [0.1, 0.15) is 11.4 Å². The molecule has 3 rings (SSSR count). The molecule has 2 heterocycles. The Morgan fingerprint density at radius 1 is 1.55 bits per heavy atom. The van der Waals surface area contributed by atoms with E-state index in [1.807, 2.05) is 0 Å². The van der Waals surface area contributed by atoms with Gasteiger partial charge in [-0.1, -0.05) is 11.6 Å². The number of likely N-dealkylation sites (tertiary alicyclic amines) is 1. The molecule has 108 valence electrons. The van der Waals surface area contributed by atoms with Crippen LogP contribution in [0.1, 0.15) is 41.5 Å². The van der Waals surface area contributed by atoms with E-state index >= 15 is 0 Å². The van der Waals surface area contributed by atoms with Crippen LogP contribution in [0.4, 0.5) is 0 Å². The highest BCUT2D eigenvalue weighted by Crippen LogP contribution is 2.38. The molecule has 1 aliphatic heterocycles. The Morgan fingerprint density at radius 2 is 2.30 bits per heavy atom. The summed E-state index contributed by atoms with van der Waals surface area (Å²) < 4.78 is 0. The van der Waals surface area contributed by atoms with Crippen molar-refractivity contribution in [3.8, 4) is 0 Å². The number of carbonyl (C=O) groups excluding carboxylic acids is 1. The van der Waals surface area contributed by atoms with E-state index in [1.165, 1.54) is 11.1 Å². The molecule has 0 radical (unpaired) electrons. The van der Waals surface area contributed by atoms with Crippen LogP contribution in [0.5, 0.6) is 0 Å². The minimum absolute atomic E-state index is 0.0986. The van der Waals surface area contributed by atoms with Crippen LogP contribution in [0.25, 0.3) is 0 Å². The molecule has 2 aliphatic rings. The lowest BCUT2D eigenvalue weighted by Crippen LogP contribution is -2.39. The van der Waals surface area contributed by atoms with Crippen molar-refractivity contribution in [3.63, 3.8) is 0 Å². The van der Waals surface area contributed by atoms with Crippen molar-refractivity contribution in [2.24, 2.45) is 0 Å². The summed E-state index contributed by atoms with van der Waals surface area (Å²) in [6, 6.07) is 0. The fraction of sp³-hybridized carbons (Fsp3) is 0.615. The molecule has 1 aliphatic carbocycles. The Bertz CT molecular complexity index is 550. The highest BCUT2D eigenvalue weighted by molar-refractivity contribution is 6.33. The number of hydrogen-bond donors (Lipinski definition) is 2. The van der Waals surface area contributed by atoms with Gasteiger partial charge in [0.2, 0.25) is 0 Å². The van der Waals surface area contributed by atoms with Crippen LogP contribution in [0, 0.1) is 0 Å². The van der Waals surface area contributed by atoms with Crippen molar-refractivity contribution in [3.05, 3.63) is 22.7 Å². The topological polar surface area (TPSA) is 86.6 Å². The molecule has 6 nitrogen and oxygen atoms in total. The minimum atomic E-state index is -1.21. The van der Waals surface area contributed by atoms with E-state index in [-0.39, 0.29) is 29.8 Å². The van der Waals surface area contributed by atoms with E-state index in [1.54, 1.807) is 0 Å². The van der Waals surface area contributed by atoms with Gasteiger partial charge in [-0.2, -0.15) is 0 Å². The monoisotopic (exact) mass is 297 g/mol. The molecule has 1 amide bonds. The molecule has 2 fully saturated rings. The number of amides is 1. The van der Waals surface area contributed by atoms with E-state index < -0.39 is 5.60 Å². The molecule has 1 saturated carbocycles. The summed E-state index contributed by atoms with van der Waals surface area (Å²) in [6.07, 6.45) is 3.91. The SMILES string of the molecule is O=C(c1nc(C2CC2)ncc1Cl)N1CCC(O)(CO)C1. The average Bonchev–Trinajstić information content (AvgIpc) is 3.22. The maximum absolute atomic E-state index is 12.4. The number of rotatable bonds is 3. The summed E-state index contributed by atoms with van der Waals surface area (Å²) in [5.74, 6) is 0.685. The highest BCUT2D eigenvalue weighted by atomic mass is 35.5. The van der Waals surface area contributed by atoms with E-state index in [0.717, 1.165) is 12.8 Å². The summed E-state index contributed by atoms with van der Waals surface area (Å²) in [4.78, 5) is 22.3. The standard InChI is InChI=1S/C13H16ClN3O3/c14-9-5-15-11(8-1-2-8)16-10(9)12(19)17-4-3-13(20,6-17)7-18/h5,8,18,20H,1-4,6-7H2. The number of aliphatic hydroxyl groups is 2. The fourth-order valence-electron chi connectivity index (χ4n) is 2.38. The number of aromatic nitrogens is 2. The molecule has 1 aromatic rings. The predicted octanol–water partition coefficient (Wildman–Crippen LogP) is 0.577. The van der Waals surface area contributed by atoms with Crippen molar-refractivity contribution in [2.75, 3.05) is 19.7 Å². The quantitative estimate of drug-likeness (QED) is 0.852. The van der Waals surface area contributed by atoms with Gasteiger partial charge in [0.05, 0.1) is 24.4 Å². The second-order valence-electron chi connectivity index (χ2n) is 5.56. The first-order valence-corrected chi connectivity index (χ1v) is 7.05. The van der Waals surface area contributed by atoms with Gasteiger partial charge in [-0.3, -0.25) is 4.79 Å². The average molecular weight is 298 g/mol. The van der Waals surface area contributed by atoms with Crippen LogP contribution in [0.3, 0.4) is 0 Å². The summed E-state index contributed by atoms with van der Waals surface area (Å²) in [5, 5.41) is 19.3. The number of aliphatic hydroxyl groups excluding tert-OH is 1. The van der Waals surface area contributed by atoms with Gasteiger partial charge in [0.15, 0.2) is 5.69 Å². The molecule has 0 aromatic carbocycles. The van der Waals surface area contributed by atoms with Gasteiger partial charge in [-0.25, -0.2) is 9.97 Å². The zero-order valence-corrected chi connectivity index (χ0v) is 11.7. The van der Waals surface area contributed by atoms with Crippen LogP contribution >= 0.6 is 11.6 Å². The number of carbonyl (C=O) groups is 1. The van der Waals surface area contributed by atoms with Gasteiger partial charge in [-0.15, -0.1) is 0 Å². The van der Waals surface area contributed by atoms with Crippen molar-refractivity contribution in [2.45, 2.75) is 30.8 Å². The fourth-order valence-corrected chi connectivity index (χ4v) is 2.55. The Balaban J connectivity index is 1.82. The Hall–Kier alpha value is -1.24. The van der Waals surface area contributed by atoms with E-state index in [9.17, 15) is 9.90 Å². The van der Waals surface area contributed by atoms with E-state index in [4.69, 9.17) is 16.7 Å². The van der Waals surface area contributed by atoms with Gasteiger partial charge in [-0.05, 0) is 19.3 Å². The van der Waals surface area contributed by atoms with Crippen LogP contribution < -0.4 is 0 Å². The smallest absolute Gasteiger partial charge is 0.274 e. The zero-order valence-electron chi connectivity index (χ0n) is 10.9. The highest BCUT2D eigenvalue weighted by Gasteiger charge is 2.39. The summed E-state index contributed by atoms with van der Waals surface area (Å²) in [6.45, 7) is 0.123. The minimum Gasteiger partial charge on any atom is -0.393 e. The second-order valence-corrected chi connectivity index (χ2v) is 5.97. The number of hydrogen-bond acceptors (Lipinski definition) is 5. The van der Waals surface area contributed by atoms with Crippen molar-refractivity contribution in [1.29, 1.82) is 0 Å². The van der Waals surface area contributed by atoms with Crippen molar-refractivity contribution < 1.29 is 15.0 Å². The third kappa shape index (κ3) is 2.51. The van der Waals surface area contributed by atoms with Crippen LogP contribution in [0.15, 0.2) is 6.20 Å². The van der Waals surface area contributed by atoms with E-state index in [2.05, 4.69) is 9.97 Å². The number of nitrogens with zero attached hydrogens (tertiary/aromatic N) is 3. The lowest BCUT2D eigenvalue weighted by molar-refractivity contribution is -0.00460. The first-order valence-electron chi connectivity index (χ1n) is 6.67. The van der Waals surface area contributed by atoms with Gasteiger partial charge < -0.3 is 15.1 Å². The van der Waals surface area contributed by atoms with Crippen LogP contribution in [0.2, 0.25) is 5.02 Å². The largest absolute Gasteiger partial charge is 0.393 e. The summed E-state index contributed by atoms with van der Waals surface area (Å²) in [5.41, 5.74) is -1.03. The lowest BCUT2D eigenvalue weighted by Gasteiger charge is -2.21. The van der Waals surface area contributed by atoms with Gasteiger partial charge in [0.25, 0.3) is 5.91 Å². The second kappa shape index (κ2) is 4.95. The number of halogens is 1. The molecular formula is C13H16ClN3O3. The van der Waals surface area contributed by atoms with Gasteiger partial charge >= 0.3 is 0 Å². The van der Waals surface area contributed by atoms with Crippen LogP contribution in [-0.2, 0) is 0 Å². The predicted molar refractivity (Wildman–Crippen MR) is 71.6 cm³/mol. The summed E-state index contributed by atoms with van der Waals surface area (Å²) in [7, 11) is 0. The maximum Gasteiger partial charge on any atom is 0.274 e. The third-order valence-electron chi connectivity index (χ3n) is 3.82. The molecule has 2 N–H and O–H groups in total. The molecular weight excluding hydrogens is 282 g/mol. The first-order chi connectivity index (χ1) is 9.52. The van der Waals surface area contributed by atoms with Crippen molar-refractivity contribution >= 4 is 17.5 Å². The molecule has 0 bridgehead atoms. The molecule has 0 spiro atoms. The molecule has 7 heteroatoms. The van der Waals surface area contributed by atoms with E-state index in [0.29, 0.717) is 24.7 Å². The molecule has 1 unspecified atom stereocenters. The molecule has 1 atom stereocenters. The normalized spacial score (nSPS) is 26.1. The Kier molecular flexibility index (Phi) is 3.40. The first kappa shape index (κ1) is 13.7. The Morgan fingerprint density at radius 3 is 2.90 bits per heavy atom. The number of β-amino-alcohol motifs (C(OH)–C–C–N with tert-alkyl or cyclic N) is 1.